The molecule has 0 bridgehead atoms. The highest BCUT2D eigenvalue weighted by Gasteiger charge is 1.96. The van der Waals surface area contributed by atoms with Crippen LogP contribution in [0.1, 0.15) is 46.5 Å². The van der Waals surface area contributed by atoms with Crippen molar-refractivity contribution in [2.75, 3.05) is 0 Å². The molecule has 0 atom stereocenters. The topological polar surface area (TPSA) is 0 Å². The second kappa shape index (κ2) is 7.45. The average molecular weight is 166 g/mol. The Bertz CT molecular complexity index is 116. The summed E-state index contributed by atoms with van der Waals surface area (Å²) in [7, 11) is 1.24. The van der Waals surface area contributed by atoms with Crippen molar-refractivity contribution in [3.05, 3.63) is 12.1 Å². The molecular formula is C11H23B. The molecule has 0 aromatic rings. The third-order valence-electron chi connectivity index (χ3n) is 2.31. The normalized spacial score (nSPS) is 10.3. The lowest BCUT2D eigenvalue weighted by molar-refractivity contribution is 0.549. The molecule has 0 saturated heterocycles. The Balaban J connectivity index is 3.05. The zero-order valence-electron chi connectivity index (χ0n) is 9.03. The Morgan fingerprint density at radius 2 is 2.00 bits per heavy atom. The first-order valence-corrected chi connectivity index (χ1v) is 5.33. The number of hydrogen-bond acceptors (Lipinski definition) is 0. The summed E-state index contributed by atoms with van der Waals surface area (Å²) in [6.45, 7) is 10.8. The molecule has 0 aromatic heterocycles. The van der Waals surface area contributed by atoms with Crippen LogP contribution in [0.3, 0.4) is 0 Å². The van der Waals surface area contributed by atoms with Crippen molar-refractivity contribution < 1.29 is 0 Å². The van der Waals surface area contributed by atoms with Gasteiger partial charge in [0.25, 0.3) is 0 Å². The molecule has 0 aliphatic carbocycles. The summed E-state index contributed by atoms with van der Waals surface area (Å²) in [6, 6.07) is 0. The molecule has 0 spiro atoms. The number of hydrogen-bond donors (Lipinski definition) is 0. The van der Waals surface area contributed by atoms with E-state index in [9.17, 15) is 0 Å². The quantitative estimate of drug-likeness (QED) is 0.400. The fraction of sp³-hybridized carbons (Fsp3) is 0.818. The molecule has 0 radical (unpaired) electrons. The molecular weight excluding hydrogens is 143 g/mol. The molecule has 0 amide bonds. The fourth-order valence-corrected chi connectivity index (χ4v) is 1.28. The van der Waals surface area contributed by atoms with Crippen LogP contribution < -0.4 is 0 Å². The summed E-state index contributed by atoms with van der Waals surface area (Å²) in [5.74, 6) is 0.874. The molecule has 0 fully saturated rings. The van der Waals surface area contributed by atoms with Crippen LogP contribution in [0.2, 0.25) is 6.32 Å². The maximum Gasteiger partial charge on any atom is 0.151 e. The maximum absolute atomic E-state index is 4.01. The first kappa shape index (κ1) is 11.8. The fourth-order valence-electron chi connectivity index (χ4n) is 1.28. The average Bonchev–Trinajstić information content (AvgIpc) is 2.03. The van der Waals surface area contributed by atoms with Gasteiger partial charge in [0.05, 0.1) is 0 Å². The Morgan fingerprint density at radius 3 is 2.50 bits per heavy atom. The van der Waals surface area contributed by atoms with E-state index in [0.29, 0.717) is 0 Å². The van der Waals surface area contributed by atoms with Crippen molar-refractivity contribution in [3.8, 4) is 0 Å². The third kappa shape index (κ3) is 7.91. The zero-order valence-corrected chi connectivity index (χ0v) is 9.03. The van der Waals surface area contributed by atoms with Crippen LogP contribution >= 0.6 is 0 Å². The van der Waals surface area contributed by atoms with E-state index in [4.69, 9.17) is 0 Å². The highest BCUT2D eigenvalue weighted by molar-refractivity contribution is 6.44. The van der Waals surface area contributed by atoms with Crippen molar-refractivity contribution in [3.63, 3.8) is 0 Å². The highest BCUT2D eigenvalue weighted by Crippen LogP contribution is 2.09. The van der Waals surface area contributed by atoms with E-state index < -0.39 is 0 Å². The molecule has 12 heavy (non-hydrogen) atoms. The van der Waals surface area contributed by atoms with Crippen LogP contribution in [-0.2, 0) is 0 Å². The van der Waals surface area contributed by atoms with Crippen LogP contribution in [0.15, 0.2) is 12.1 Å². The second-order valence-corrected chi connectivity index (χ2v) is 4.10. The van der Waals surface area contributed by atoms with Crippen LogP contribution in [0.5, 0.6) is 0 Å². The summed E-state index contributed by atoms with van der Waals surface area (Å²) < 4.78 is 0. The molecule has 0 nitrogen and oxygen atoms in total. The third-order valence-corrected chi connectivity index (χ3v) is 2.31. The number of unbranched alkanes of at least 4 members (excludes halogenated alkanes) is 1. The van der Waals surface area contributed by atoms with Gasteiger partial charge in [0.1, 0.15) is 0 Å². The van der Waals surface area contributed by atoms with E-state index in [-0.39, 0.29) is 0 Å². The monoisotopic (exact) mass is 166 g/mol. The van der Waals surface area contributed by atoms with Gasteiger partial charge in [-0.15, -0.1) is 12.1 Å². The van der Waals surface area contributed by atoms with E-state index in [1.54, 1.807) is 0 Å². The SMILES string of the molecule is C=C(BCCCCC(C)C)CC. The van der Waals surface area contributed by atoms with E-state index in [1.165, 1.54) is 38.3 Å². The van der Waals surface area contributed by atoms with Crippen molar-refractivity contribution in [2.45, 2.75) is 52.8 Å². The van der Waals surface area contributed by atoms with E-state index in [0.717, 1.165) is 12.3 Å². The largest absolute Gasteiger partial charge is 0.151 e. The molecule has 0 heterocycles. The van der Waals surface area contributed by atoms with Crippen LogP contribution in [0.4, 0.5) is 0 Å². The number of rotatable bonds is 7. The molecule has 0 unspecified atom stereocenters. The summed E-state index contributed by atoms with van der Waals surface area (Å²) in [6.07, 6.45) is 6.67. The lowest BCUT2D eigenvalue weighted by Gasteiger charge is -2.03. The summed E-state index contributed by atoms with van der Waals surface area (Å²) in [5, 5.41) is 0. The van der Waals surface area contributed by atoms with Gasteiger partial charge in [0, 0.05) is 0 Å². The standard InChI is InChI=1S/C11H23B/c1-5-11(4)12-9-7-6-8-10(2)3/h10,12H,4-9H2,1-3H3. The van der Waals surface area contributed by atoms with E-state index in [2.05, 4.69) is 27.4 Å². The maximum atomic E-state index is 4.01. The van der Waals surface area contributed by atoms with Gasteiger partial charge in [-0.1, -0.05) is 46.4 Å². The molecule has 70 valence electrons. The Kier molecular flexibility index (Phi) is 7.33. The lowest BCUT2D eigenvalue weighted by Crippen LogP contribution is -1.94. The van der Waals surface area contributed by atoms with Gasteiger partial charge in [-0.3, -0.25) is 0 Å². The smallest absolute Gasteiger partial charge is 0.113 e. The Hall–Kier alpha value is -0.195. The second-order valence-electron chi connectivity index (χ2n) is 4.10. The molecule has 0 rings (SSSR count). The van der Waals surface area contributed by atoms with Gasteiger partial charge in [-0.05, 0) is 12.3 Å². The highest BCUT2D eigenvalue weighted by atomic mass is 14.0. The van der Waals surface area contributed by atoms with Crippen LogP contribution in [-0.4, -0.2) is 7.28 Å². The molecule has 0 aliphatic rings. The van der Waals surface area contributed by atoms with Gasteiger partial charge in [0.2, 0.25) is 0 Å². The summed E-state index contributed by atoms with van der Waals surface area (Å²) in [4.78, 5) is 0. The van der Waals surface area contributed by atoms with Gasteiger partial charge in [-0.25, -0.2) is 0 Å². The zero-order chi connectivity index (χ0) is 9.40. The van der Waals surface area contributed by atoms with Crippen LogP contribution in [0, 0.1) is 5.92 Å². The van der Waals surface area contributed by atoms with E-state index >= 15 is 0 Å². The molecule has 0 saturated carbocycles. The van der Waals surface area contributed by atoms with Crippen molar-refractivity contribution in [2.24, 2.45) is 5.92 Å². The predicted octanol–water partition coefficient (Wildman–Crippen LogP) is 3.59. The van der Waals surface area contributed by atoms with Crippen LogP contribution in [0.25, 0.3) is 0 Å². The van der Waals surface area contributed by atoms with Crippen molar-refractivity contribution in [1.82, 2.24) is 0 Å². The minimum atomic E-state index is 0.874. The van der Waals surface area contributed by atoms with Crippen molar-refractivity contribution >= 4 is 7.28 Å². The van der Waals surface area contributed by atoms with Crippen molar-refractivity contribution in [1.29, 1.82) is 0 Å². The molecule has 0 N–H and O–H groups in total. The summed E-state index contributed by atoms with van der Waals surface area (Å²) >= 11 is 0. The minimum absolute atomic E-state index is 0.874. The minimum Gasteiger partial charge on any atom is -0.113 e. The molecule has 0 aliphatic heterocycles. The van der Waals surface area contributed by atoms with E-state index in [1.807, 2.05) is 0 Å². The lowest BCUT2D eigenvalue weighted by atomic mass is 9.65. The van der Waals surface area contributed by atoms with Gasteiger partial charge < -0.3 is 0 Å². The molecule has 1 heteroatoms. The Labute approximate surface area is 78.7 Å². The van der Waals surface area contributed by atoms with Gasteiger partial charge in [-0.2, -0.15) is 0 Å². The van der Waals surface area contributed by atoms with Gasteiger partial charge in [0.15, 0.2) is 7.28 Å². The molecule has 0 aromatic carbocycles. The Morgan fingerprint density at radius 1 is 1.33 bits per heavy atom. The van der Waals surface area contributed by atoms with Gasteiger partial charge >= 0.3 is 0 Å². The number of allylic oxidation sites excluding steroid dienone is 1. The predicted molar refractivity (Wildman–Crippen MR) is 60.1 cm³/mol. The first-order chi connectivity index (χ1) is 5.66. The summed E-state index contributed by atoms with van der Waals surface area (Å²) in [5.41, 5.74) is 1.42. The first-order valence-electron chi connectivity index (χ1n) is 5.33.